The molecule has 0 saturated carbocycles. The molecular weight excluding hydrogens is 128 g/mol. The van der Waals surface area contributed by atoms with E-state index in [1.165, 1.54) is 6.33 Å². The van der Waals surface area contributed by atoms with E-state index in [-0.39, 0.29) is 0 Å². The highest BCUT2D eigenvalue weighted by atomic mass is 15.2. The second-order valence-electron chi connectivity index (χ2n) is 1.90. The molecule has 0 aliphatic rings. The molecule has 0 bridgehead atoms. The number of nitrogens with zero attached hydrogens (tertiary/aromatic N) is 3. The van der Waals surface area contributed by atoms with Crippen LogP contribution in [0.5, 0.6) is 0 Å². The summed E-state index contributed by atoms with van der Waals surface area (Å²) in [7, 11) is 0. The molecule has 1 radical (unpaired) electrons. The van der Waals surface area contributed by atoms with Crippen molar-refractivity contribution >= 4 is 11.3 Å². The Morgan fingerprint density at radius 2 is 2.50 bits per heavy atom. The standard InChI is InChI=1S/C6H5N4/c7-6-5-2-1-3-10(5)9-4-8-6/h1-2,4H,(H2,7,8,9). The van der Waals surface area contributed by atoms with Crippen LogP contribution in [-0.4, -0.2) is 14.6 Å². The molecule has 0 aliphatic carbocycles. The summed E-state index contributed by atoms with van der Waals surface area (Å²) in [6.07, 6.45) is 4.25. The lowest BCUT2D eigenvalue weighted by atomic mass is 10.5. The van der Waals surface area contributed by atoms with Crippen molar-refractivity contribution in [1.82, 2.24) is 14.6 Å². The largest absolute Gasteiger partial charge is 0.382 e. The smallest absolute Gasteiger partial charge is 0.151 e. The fourth-order valence-electron chi connectivity index (χ4n) is 0.822. The molecule has 2 rings (SSSR count). The van der Waals surface area contributed by atoms with Gasteiger partial charge in [-0.25, -0.2) is 9.50 Å². The molecule has 10 heavy (non-hydrogen) atoms. The van der Waals surface area contributed by atoms with Gasteiger partial charge in [0.1, 0.15) is 11.8 Å². The van der Waals surface area contributed by atoms with E-state index in [2.05, 4.69) is 16.3 Å². The van der Waals surface area contributed by atoms with E-state index in [1.807, 2.05) is 6.07 Å². The summed E-state index contributed by atoms with van der Waals surface area (Å²) >= 11 is 0. The molecule has 0 amide bonds. The third kappa shape index (κ3) is 0.556. The molecule has 2 heterocycles. The van der Waals surface area contributed by atoms with Gasteiger partial charge in [0.05, 0.1) is 6.20 Å². The number of nitrogens with two attached hydrogens (primary N) is 1. The Bertz CT molecular complexity index is 351. The highest BCUT2D eigenvalue weighted by Crippen LogP contribution is 2.06. The van der Waals surface area contributed by atoms with Gasteiger partial charge in [0.2, 0.25) is 0 Å². The Morgan fingerprint density at radius 1 is 1.60 bits per heavy atom. The van der Waals surface area contributed by atoms with E-state index in [1.54, 1.807) is 10.6 Å². The zero-order valence-corrected chi connectivity index (χ0v) is 5.15. The van der Waals surface area contributed by atoms with Crippen LogP contribution in [0.15, 0.2) is 18.5 Å². The molecule has 0 aliphatic heterocycles. The van der Waals surface area contributed by atoms with Gasteiger partial charge in [-0.15, -0.1) is 0 Å². The minimum absolute atomic E-state index is 0.483. The van der Waals surface area contributed by atoms with Gasteiger partial charge in [0.15, 0.2) is 5.82 Å². The van der Waals surface area contributed by atoms with Crippen LogP contribution in [-0.2, 0) is 0 Å². The first-order valence-electron chi connectivity index (χ1n) is 2.84. The zero-order chi connectivity index (χ0) is 6.97. The van der Waals surface area contributed by atoms with Crippen molar-refractivity contribution in [2.24, 2.45) is 0 Å². The van der Waals surface area contributed by atoms with Crippen LogP contribution in [0.2, 0.25) is 0 Å². The van der Waals surface area contributed by atoms with Crippen LogP contribution in [0.1, 0.15) is 0 Å². The predicted octanol–water partition coefficient (Wildman–Crippen LogP) is 0.112. The number of fused-ring (bicyclic) bond motifs is 1. The molecule has 2 aromatic heterocycles. The lowest BCUT2D eigenvalue weighted by Crippen LogP contribution is -1.97. The third-order valence-electron chi connectivity index (χ3n) is 1.29. The van der Waals surface area contributed by atoms with E-state index in [0.717, 1.165) is 5.52 Å². The van der Waals surface area contributed by atoms with Crippen molar-refractivity contribution in [1.29, 1.82) is 0 Å². The molecule has 0 aromatic carbocycles. The average Bonchev–Trinajstić information content (AvgIpc) is 2.36. The molecular formula is C6H5N4. The number of rotatable bonds is 0. The zero-order valence-electron chi connectivity index (χ0n) is 5.15. The lowest BCUT2D eigenvalue weighted by molar-refractivity contribution is 0.901. The van der Waals surface area contributed by atoms with Crippen molar-refractivity contribution in [2.45, 2.75) is 0 Å². The number of hydrogen-bond donors (Lipinski definition) is 1. The monoisotopic (exact) mass is 133 g/mol. The van der Waals surface area contributed by atoms with Gasteiger partial charge < -0.3 is 5.73 Å². The maximum absolute atomic E-state index is 5.51. The number of aromatic nitrogens is 3. The van der Waals surface area contributed by atoms with Gasteiger partial charge >= 0.3 is 0 Å². The van der Waals surface area contributed by atoms with Crippen molar-refractivity contribution in [3.63, 3.8) is 0 Å². The van der Waals surface area contributed by atoms with E-state index < -0.39 is 0 Å². The molecule has 4 nitrogen and oxygen atoms in total. The Kier molecular flexibility index (Phi) is 0.887. The number of nitrogen functional groups attached to an aromatic ring is 1. The topological polar surface area (TPSA) is 56.2 Å². The second-order valence-corrected chi connectivity index (χ2v) is 1.90. The summed E-state index contributed by atoms with van der Waals surface area (Å²) in [6, 6.07) is 3.57. The predicted molar refractivity (Wildman–Crippen MR) is 36.2 cm³/mol. The van der Waals surface area contributed by atoms with Crippen LogP contribution in [0.3, 0.4) is 0 Å². The minimum Gasteiger partial charge on any atom is -0.382 e. The highest BCUT2D eigenvalue weighted by molar-refractivity contribution is 5.63. The first kappa shape index (κ1) is 5.22. The van der Waals surface area contributed by atoms with Crippen molar-refractivity contribution in [2.75, 3.05) is 5.73 Å². The summed E-state index contributed by atoms with van der Waals surface area (Å²) in [5.41, 5.74) is 6.30. The first-order chi connectivity index (χ1) is 4.88. The quantitative estimate of drug-likeness (QED) is 0.555. The van der Waals surface area contributed by atoms with E-state index in [4.69, 9.17) is 5.73 Å². The molecule has 0 saturated heterocycles. The minimum atomic E-state index is 0.483. The second kappa shape index (κ2) is 1.70. The Morgan fingerprint density at radius 3 is 3.30 bits per heavy atom. The summed E-state index contributed by atoms with van der Waals surface area (Å²) in [5.74, 6) is 0.483. The normalized spacial score (nSPS) is 10.4. The van der Waals surface area contributed by atoms with Crippen molar-refractivity contribution in [3.05, 3.63) is 24.7 Å². The van der Waals surface area contributed by atoms with Gasteiger partial charge in [0.25, 0.3) is 0 Å². The van der Waals surface area contributed by atoms with Crippen molar-refractivity contribution in [3.8, 4) is 0 Å². The maximum atomic E-state index is 5.51. The first-order valence-corrected chi connectivity index (χ1v) is 2.84. The molecule has 2 N–H and O–H groups in total. The summed E-state index contributed by atoms with van der Waals surface area (Å²) < 4.78 is 1.56. The Balaban J connectivity index is 2.95. The molecule has 0 atom stereocenters. The Labute approximate surface area is 57.3 Å². The van der Waals surface area contributed by atoms with E-state index >= 15 is 0 Å². The van der Waals surface area contributed by atoms with E-state index in [9.17, 15) is 0 Å². The van der Waals surface area contributed by atoms with Gasteiger partial charge in [0, 0.05) is 0 Å². The van der Waals surface area contributed by atoms with Crippen LogP contribution in [0.25, 0.3) is 5.52 Å². The number of hydrogen-bond acceptors (Lipinski definition) is 3. The van der Waals surface area contributed by atoms with Crippen molar-refractivity contribution < 1.29 is 0 Å². The van der Waals surface area contributed by atoms with Crippen LogP contribution >= 0.6 is 0 Å². The summed E-state index contributed by atoms with van der Waals surface area (Å²) in [6.45, 7) is 0. The van der Waals surface area contributed by atoms with Crippen LogP contribution < -0.4 is 5.73 Å². The molecule has 0 spiro atoms. The van der Waals surface area contributed by atoms with Gasteiger partial charge in [-0.1, -0.05) is 0 Å². The fourth-order valence-corrected chi connectivity index (χ4v) is 0.822. The van der Waals surface area contributed by atoms with Gasteiger partial charge in [-0.2, -0.15) is 5.10 Å². The molecule has 49 valence electrons. The van der Waals surface area contributed by atoms with E-state index in [0.29, 0.717) is 5.82 Å². The number of anilines is 1. The van der Waals surface area contributed by atoms with Gasteiger partial charge in [-0.3, -0.25) is 0 Å². The third-order valence-corrected chi connectivity index (χ3v) is 1.29. The van der Waals surface area contributed by atoms with Gasteiger partial charge in [-0.05, 0) is 12.1 Å². The molecule has 2 aromatic rings. The van der Waals surface area contributed by atoms with Crippen LogP contribution in [0.4, 0.5) is 5.82 Å². The fraction of sp³-hybridized carbons (Fsp3) is 0. The SMILES string of the molecule is Nc1ncnn2[c]ccc12. The maximum Gasteiger partial charge on any atom is 0.151 e. The molecule has 0 unspecified atom stereocenters. The summed E-state index contributed by atoms with van der Waals surface area (Å²) in [5, 5.41) is 3.87. The van der Waals surface area contributed by atoms with Crippen LogP contribution in [0, 0.1) is 6.20 Å². The lowest BCUT2D eigenvalue weighted by Gasteiger charge is -1.93. The highest BCUT2D eigenvalue weighted by Gasteiger charge is 1.95. The molecule has 0 fully saturated rings. The Hall–Kier alpha value is -1.58. The average molecular weight is 133 g/mol. The summed E-state index contributed by atoms with van der Waals surface area (Å²) in [4.78, 5) is 3.81. The molecule has 4 heteroatoms.